The molecule has 3 heterocycles. The van der Waals surface area contributed by atoms with Crippen molar-refractivity contribution < 1.29 is 5.32 Å². The Bertz CT molecular complexity index is 2470. The van der Waals surface area contributed by atoms with Crippen LogP contribution in [0.3, 0.4) is 0 Å². The summed E-state index contributed by atoms with van der Waals surface area (Å²) in [5, 5.41) is 5.12. The average molecular weight is 615 g/mol. The molecule has 7 aromatic carbocycles. The first-order valence-corrected chi connectivity index (χ1v) is 16.6. The van der Waals surface area contributed by atoms with Crippen molar-refractivity contribution >= 4 is 55.7 Å². The predicted molar refractivity (Wildman–Crippen MR) is 199 cm³/mol. The van der Waals surface area contributed by atoms with E-state index in [1.807, 2.05) is 0 Å². The summed E-state index contributed by atoms with van der Waals surface area (Å²) in [7, 11) is 0. The standard InChI is InChI=1S/C45H31N3/c1-3-12-33(13-4-1)47(34-14-5-2-6-15-34)35-28-26-31(27-29-35)30-22-24-32(25-23-30)42-38-17-7-9-20-40(38)46-45-43(42)39-19-11-18-37-36-16-8-10-21-41(36)48(45)44(37)39/h1-29,45-46H/p+1. The van der Waals surface area contributed by atoms with Gasteiger partial charge in [0.25, 0.3) is 0 Å². The van der Waals surface area contributed by atoms with Crippen molar-refractivity contribution in [2.75, 3.05) is 4.90 Å². The lowest BCUT2D eigenvalue weighted by atomic mass is 9.85. The molecule has 8 aromatic rings. The summed E-state index contributed by atoms with van der Waals surface area (Å²) in [6, 6.07) is 63.8. The van der Waals surface area contributed by atoms with Gasteiger partial charge in [-0.1, -0.05) is 121 Å². The lowest BCUT2D eigenvalue weighted by Gasteiger charge is -2.26. The van der Waals surface area contributed by atoms with E-state index in [1.54, 1.807) is 0 Å². The normalized spacial score (nSPS) is 14.7. The molecule has 0 aliphatic carbocycles. The highest BCUT2D eigenvalue weighted by molar-refractivity contribution is 6.17. The second-order valence-electron chi connectivity index (χ2n) is 12.7. The first kappa shape index (κ1) is 27.0. The minimum atomic E-state index is 0.152. The summed E-state index contributed by atoms with van der Waals surface area (Å²) in [5.41, 5.74) is 16.4. The number of aromatic nitrogens is 1. The third-order valence-corrected chi connectivity index (χ3v) is 10.1. The number of nitrogens with zero attached hydrogens (tertiary/aromatic N) is 2. The van der Waals surface area contributed by atoms with Gasteiger partial charge in [-0.25, -0.2) is 0 Å². The first-order valence-electron chi connectivity index (χ1n) is 16.6. The van der Waals surface area contributed by atoms with Crippen molar-refractivity contribution in [3.05, 3.63) is 193 Å². The van der Waals surface area contributed by atoms with Crippen LogP contribution in [0.4, 0.5) is 22.7 Å². The maximum atomic E-state index is 2.56. The molecule has 2 aliphatic heterocycles. The molecule has 1 atom stereocenters. The second-order valence-corrected chi connectivity index (χ2v) is 12.7. The third kappa shape index (κ3) is 4.05. The summed E-state index contributed by atoms with van der Waals surface area (Å²) < 4.78 is 2.56. The van der Waals surface area contributed by atoms with Gasteiger partial charge in [0.05, 0.1) is 11.0 Å². The Morgan fingerprint density at radius 1 is 0.438 bits per heavy atom. The molecular weight excluding hydrogens is 583 g/mol. The fourth-order valence-corrected chi connectivity index (χ4v) is 8.02. The third-order valence-electron chi connectivity index (χ3n) is 10.1. The summed E-state index contributed by atoms with van der Waals surface area (Å²) >= 11 is 0. The molecule has 0 bridgehead atoms. The van der Waals surface area contributed by atoms with Crippen molar-refractivity contribution in [1.29, 1.82) is 0 Å². The van der Waals surface area contributed by atoms with E-state index in [4.69, 9.17) is 0 Å². The average Bonchev–Trinajstić information content (AvgIpc) is 3.68. The highest BCUT2D eigenvalue weighted by atomic mass is 15.2. The van der Waals surface area contributed by atoms with Gasteiger partial charge in [-0.3, -0.25) is 9.88 Å². The minimum absolute atomic E-state index is 0.152. The Balaban J connectivity index is 1.06. The number of hydrogen-bond donors (Lipinski definition) is 1. The van der Waals surface area contributed by atoms with Crippen LogP contribution in [0.2, 0.25) is 0 Å². The fraction of sp³-hybridized carbons (Fsp3) is 0.0222. The Morgan fingerprint density at radius 3 is 1.71 bits per heavy atom. The number of fused-ring (bicyclic) bond motifs is 7. The molecule has 0 radical (unpaired) electrons. The van der Waals surface area contributed by atoms with Gasteiger partial charge < -0.3 is 4.90 Å². The molecule has 3 heteroatoms. The molecule has 1 unspecified atom stereocenters. The first-order chi connectivity index (χ1) is 23.8. The van der Waals surface area contributed by atoms with Gasteiger partial charge in [-0.15, -0.1) is 0 Å². The van der Waals surface area contributed by atoms with Gasteiger partial charge in [-0.05, 0) is 71.3 Å². The van der Waals surface area contributed by atoms with Crippen molar-refractivity contribution in [2.45, 2.75) is 6.17 Å². The monoisotopic (exact) mass is 614 g/mol. The number of quaternary nitrogens is 1. The quantitative estimate of drug-likeness (QED) is 0.192. The number of hydrogen-bond acceptors (Lipinski definition) is 1. The van der Waals surface area contributed by atoms with Crippen LogP contribution >= 0.6 is 0 Å². The van der Waals surface area contributed by atoms with Crippen LogP contribution in [-0.2, 0) is 0 Å². The minimum Gasteiger partial charge on any atom is -0.311 e. The second kappa shape index (κ2) is 10.7. The number of benzene rings is 7. The van der Waals surface area contributed by atoms with Crippen LogP contribution in [0.1, 0.15) is 22.9 Å². The topological polar surface area (TPSA) is 24.8 Å². The van der Waals surface area contributed by atoms with Crippen LogP contribution < -0.4 is 10.2 Å². The van der Waals surface area contributed by atoms with E-state index in [-0.39, 0.29) is 6.17 Å². The zero-order chi connectivity index (χ0) is 31.6. The largest absolute Gasteiger partial charge is 0.311 e. The predicted octanol–water partition coefficient (Wildman–Crippen LogP) is 10.6. The van der Waals surface area contributed by atoms with E-state index in [9.17, 15) is 0 Å². The zero-order valence-electron chi connectivity index (χ0n) is 26.3. The molecule has 10 rings (SSSR count). The van der Waals surface area contributed by atoms with Crippen molar-refractivity contribution in [2.24, 2.45) is 0 Å². The number of nitrogens with two attached hydrogens (primary N) is 1. The summed E-state index contributed by atoms with van der Waals surface area (Å²) in [6.07, 6.45) is 0.152. The Hall–Kier alpha value is -6.16. The zero-order valence-corrected chi connectivity index (χ0v) is 26.3. The SMILES string of the molecule is c1ccc(N(c2ccccc2)c2ccc(-c3ccc(C4=C5c6cccc7c8ccccc8n(c67)C5[NH2+]c5ccccc54)cc3)cc2)cc1. The molecule has 2 aliphatic rings. The van der Waals surface area contributed by atoms with Gasteiger partial charge in [-0.2, -0.15) is 0 Å². The van der Waals surface area contributed by atoms with Crippen molar-refractivity contribution in [3.63, 3.8) is 0 Å². The lowest BCUT2D eigenvalue weighted by Crippen LogP contribution is -2.81. The van der Waals surface area contributed by atoms with Crippen LogP contribution in [0.15, 0.2) is 176 Å². The molecule has 226 valence electrons. The summed E-state index contributed by atoms with van der Waals surface area (Å²) in [6.45, 7) is 0. The van der Waals surface area contributed by atoms with E-state index in [2.05, 4.69) is 191 Å². The van der Waals surface area contributed by atoms with Crippen LogP contribution in [0.5, 0.6) is 0 Å². The van der Waals surface area contributed by atoms with Crippen molar-refractivity contribution in [1.82, 2.24) is 4.57 Å². The van der Waals surface area contributed by atoms with Crippen LogP contribution in [-0.4, -0.2) is 4.57 Å². The maximum absolute atomic E-state index is 2.56. The van der Waals surface area contributed by atoms with Crippen LogP contribution in [0.25, 0.3) is 44.1 Å². The molecule has 0 fully saturated rings. The highest BCUT2D eigenvalue weighted by Crippen LogP contribution is 2.50. The van der Waals surface area contributed by atoms with Crippen LogP contribution in [0, 0.1) is 0 Å². The number of para-hydroxylation sites is 5. The maximum Gasteiger partial charge on any atom is 0.198 e. The smallest absolute Gasteiger partial charge is 0.198 e. The summed E-state index contributed by atoms with van der Waals surface area (Å²) in [4.78, 5) is 2.30. The van der Waals surface area contributed by atoms with Crippen molar-refractivity contribution in [3.8, 4) is 11.1 Å². The molecule has 48 heavy (non-hydrogen) atoms. The highest BCUT2D eigenvalue weighted by Gasteiger charge is 2.40. The Morgan fingerprint density at radius 2 is 0.979 bits per heavy atom. The molecule has 0 spiro atoms. The van der Waals surface area contributed by atoms with Gasteiger partial charge in [0.1, 0.15) is 5.69 Å². The number of rotatable bonds is 5. The lowest BCUT2D eigenvalue weighted by molar-refractivity contribution is -0.618. The Kier molecular flexibility index (Phi) is 6.02. The Labute approximate surface area is 279 Å². The van der Waals surface area contributed by atoms with E-state index < -0.39 is 0 Å². The molecule has 0 saturated carbocycles. The molecule has 0 saturated heterocycles. The molecule has 2 N–H and O–H groups in total. The van der Waals surface area contributed by atoms with Gasteiger partial charge in [0.2, 0.25) is 0 Å². The molecule has 3 nitrogen and oxygen atoms in total. The van der Waals surface area contributed by atoms with E-state index in [0.29, 0.717) is 0 Å². The van der Waals surface area contributed by atoms with Gasteiger partial charge in [0.15, 0.2) is 6.17 Å². The van der Waals surface area contributed by atoms with E-state index in [1.165, 1.54) is 66.5 Å². The molecule has 0 amide bonds. The van der Waals surface area contributed by atoms with E-state index in [0.717, 1.165) is 17.1 Å². The fourth-order valence-electron chi connectivity index (χ4n) is 8.02. The molecular formula is C45H32N3+. The van der Waals surface area contributed by atoms with Gasteiger partial charge in [0, 0.05) is 50.1 Å². The molecule has 1 aromatic heterocycles. The number of anilines is 3. The van der Waals surface area contributed by atoms with Gasteiger partial charge >= 0.3 is 0 Å². The summed E-state index contributed by atoms with van der Waals surface area (Å²) in [5.74, 6) is 0. The van der Waals surface area contributed by atoms with E-state index >= 15 is 0 Å².